The molecule has 8 heteroatoms. The van der Waals surface area contributed by atoms with Crippen molar-refractivity contribution in [3.8, 4) is 16.9 Å². The molecule has 0 atom stereocenters. The zero-order valence-corrected chi connectivity index (χ0v) is 19.6. The molecule has 190 valence electrons. The van der Waals surface area contributed by atoms with E-state index >= 15 is 0 Å². The number of hydrogen-bond acceptors (Lipinski definition) is 3. The lowest BCUT2D eigenvalue weighted by Crippen LogP contribution is -2.09. The second-order valence-electron chi connectivity index (χ2n) is 8.46. The summed E-state index contributed by atoms with van der Waals surface area (Å²) in [6.45, 7) is -0.410. The summed E-state index contributed by atoms with van der Waals surface area (Å²) in [7, 11) is 0. The normalized spacial score (nSPS) is 11.5. The average Bonchev–Trinajstić information content (AvgIpc) is 2.91. The minimum Gasteiger partial charge on any atom is -0.489 e. The van der Waals surface area contributed by atoms with E-state index in [2.05, 4.69) is 4.98 Å². The third-order valence-corrected chi connectivity index (χ3v) is 6.05. The summed E-state index contributed by atoms with van der Waals surface area (Å²) in [6, 6.07) is 21.7. The molecular formula is C30H18F5NO2. The number of halogens is 5. The standard InChI is InChI=1S/C30H18F5NO2/c31-25-13-6-14-26(32)23(25)17-38-20-10-4-9-19(15-20)27-21-11-5-12-24(30(33,34)35)28(21)36-16-22(27)29(37)18-7-2-1-3-8-18/h1-16H,17H2. The highest BCUT2D eigenvalue weighted by Crippen LogP contribution is 2.39. The molecule has 0 saturated heterocycles. The number of para-hydroxylation sites is 1. The molecule has 0 fully saturated rings. The fraction of sp³-hybridized carbons (Fsp3) is 0.0667. The summed E-state index contributed by atoms with van der Waals surface area (Å²) >= 11 is 0. The summed E-state index contributed by atoms with van der Waals surface area (Å²) < 4.78 is 75.1. The predicted octanol–water partition coefficient (Wildman–Crippen LogP) is 8.01. The third-order valence-electron chi connectivity index (χ3n) is 6.05. The molecule has 0 aliphatic heterocycles. The van der Waals surface area contributed by atoms with E-state index in [1.54, 1.807) is 48.5 Å². The largest absolute Gasteiger partial charge is 0.489 e. The first-order valence-corrected chi connectivity index (χ1v) is 11.5. The summed E-state index contributed by atoms with van der Waals surface area (Å²) in [4.78, 5) is 17.5. The number of fused-ring (bicyclic) bond motifs is 1. The minimum absolute atomic E-state index is 0.0975. The molecule has 38 heavy (non-hydrogen) atoms. The van der Waals surface area contributed by atoms with E-state index in [9.17, 15) is 26.7 Å². The quantitative estimate of drug-likeness (QED) is 0.169. The van der Waals surface area contributed by atoms with Crippen LogP contribution in [-0.4, -0.2) is 10.8 Å². The highest BCUT2D eigenvalue weighted by molar-refractivity contribution is 6.16. The van der Waals surface area contributed by atoms with Crippen LogP contribution in [0.3, 0.4) is 0 Å². The molecule has 0 saturated carbocycles. The number of pyridine rings is 1. The number of hydrogen-bond donors (Lipinski definition) is 0. The first-order valence-electron chi connectivity index (χ1n) is 11.5. The van der Waals surface area contributed by atoms with Gasteiger partial charge in [-0.25, -0.2) is 8.78 Å². The number of rotatable bonds is 6. The van der Waals surface area contributed by atoms with Crippen molar-refractivity contribution < 1.29 is 31.5 Å². The van der Waals surface area contributed by atoms with Gasteiger partial charge >= 0.3 is 6.18 Å². The highest BCUT2D eigenvalue weighted by atomic mass is 19.4. The van der Waals surface area contributed by atoms with Gasteiger partial charge in [-0.3, -0.25) is 9.78 Å². The van der Waals surface area contributed by atoms with Crippen LogP contribution in [-0.2, 0) is 12.8 Å². The van der Waals surface area contributed by atoms with Gasteiger partial charge in [0.1, 0.15) is 24.0 Å². The van der Waals surface area contributed by atoms with E-state index in [1.807, 2.05) is 0 Å². The number of nitrogens with zero attached hydrogens (tertiary/aromatic N) is 1. The first kappa shape index (κ1) is 25.1. The zero-order valence-electron chi connectivity index (χ0n) is 19.6. The van der Waals surface area contributed by atoms with Crippen LogP contribution in [0, 0.1) is 11.6 Å². The van der Waals surface area contributed by atoms with Gasteiger partial charge in [-0.1, -0.05) is 60.7 Å². The van der Waals surface area contributed by atoms with Gasteiger partial charge in [0.25, 0.3) is 0 Å². The zero-order chi connectivity index (χ0) is 26.9. The Morgan fingerprint density at radius 1 is 0.816 bits per heavy atom. The van der Waals surface area contributed by atoms with Crippen molar-refractivity contribution >= 4 is 16.7 Å². The molecule has 0 unspecified atom stereocenters. The molecule has 5 aromatic rings. The van der Waals surface area contributed by atoms with Crippen LogP contribution >= 0.6 is 0 Å². The van der Waals surface area contributed by atoms with Gasteiger partial charge in [0.15, 0.2) is 5.78 Å². The summed E-state index contributed by atoms with van der Waals surface area (Å²) in [5, 5.41) is 0.124. The number of carbonyl (C=O) groups is 1. The Labute approximate surface area is 214 Å². The van der Waals surface area contributed by atoms with Crippen LogP contribution in [0.25, 0.3) is 22.0 Å². The van der Waals surface area contributed by atoms with Gasteiger partial charge < -0.3 is 4.74 Å². The molecule has 0 bridgehead atoms. The summed E-state index contributed by atoms with van der Waals surface area (Å²) in [5.74, 6) is -1.75. The SMILES string of the molecule is O=C(c1ccccc1)c1cnc2c(C(F)(F)F)cccc2c1-c1cccc(OCc2c(F)cccc2F)c1. The topological polar surface area (TPSA) is 39.2 Å². The molecule has 5 rings (SSSR count). The Balaban J connectivity index is 1.65. The molecular weight excluding hydrogens is 501 g/mol. The Morgan fingerprint density at radius 3 is 2.21 bits per heavy atom. The maximum Gasteiger partial charge on any atom is 0.418 e. The van der Waals surface area contributed by atoms with E-state index in [0.29, 0.717) is 11.1 Å². The lowest BCUT2D eigenvalue weighted by Gasteiger charge is -2.16. The first-order chi connectivity index (χ1) is 18.2. The van der Waals surface area contributed by atoms with Gasteiger partial charge in [-0.15, -0.1) is 0 Å². The molecule has 0 N–H and O–H groups in total. The Hall–Kier alpha value is -4.59. The van der Waals surface area contributed by atoms with Crippen molar-refractivity contribution in [3.05, 3.63) is 131 Å². The van der Waals surface area contributed by atoms with E-state index < -0.39 is 35.8 Å². The van der Waals surface area contributed by atoms with E-state index in [1.165, 1.54) is 24.3 Å². The summed E-state index contributed by atoms with van der Waals surface area (Å²) in [6.07, 6.45) is -3.52. The van der Waals surface area contributed by atoms with E-state index in [-0.39, 0.29) is 33.3 Å². The van der Waals surface area contributed by atoms with E-state index in [4.69, 9.17) is 4.74 Å². The van der Waals surface area contributed by atoms with Gasteiger partial charge in [0.05, 0.1) is 16.6 Å². The van der Waals surface area contributed by atoms with Gasteiger partial charge in [-0.05, 0) is 35.9 Å². The third kappa shape index (κ3) is 4.85. The minimum atomic E-state index is -4.66. The van der Waals surface area contributed by atoms with Crippen molar-refractivity contribution in [2.75, 3.05) is 0 Å². The number of ketones is 1. The molecule has 0 aliphatic rings. The van der Waals surface area contributed by atoms with Crippen LogP contribution in [0.5, 0.6) is 5.75 Å². The number of aromatic nitrogens is 1. The van der Waals surface area contributed by atoms with Gasteiger partial charge in [-0.2, -0.15) is 13.2 Å². The summed E-state index contributed by atoms with van der Waals surface area (Å²) in [5.41, 5.74) is -0.455. The molecule has 3 nitrogen and oxygen atoms in total. The Kier molecular flexibility index (Phi) is 6.63. The molecule has 0 radical (unpaired) electrons. The second-order valence-corrected chi connectivity index (χ2v) is 8.46. The second kappa shape index (κ2) is 10.0. The van der Waals surface area contributed by atoms with Gasteiger partial charge in [0.2, 0.25) is 0 Å². The van der Waals surface area contributed by atoms with Crippen LogP contribution in [0.15, 0.2) is 97.2 Å². The monoisotopic (exact) mass is 519 g/mol. The molecule has 4 aromatic carbocycles. The number of carbonyl (C=O) groups excluding carboxylic acids is 1. The van der Waals surface area contributed by atoms with Crippen LogP contribution < -0.4 is 4.74 Å². The van der Waals surface area contributed by atoms with Crippen molar-refractivity contribution in [3.63, 3.8) is 0 Å². The fourth-order valence-electron chi connectivity index (χ4n) is 4.25. The maximum absolute atomic E-state index is 14.1. The highest BCUT2D eigenvalue weighted by Gasteiger charge is 2.34. The number of alkyl halides is 3. The number of benzene rings is 4. The molecule has 1 heterocycles. The predicted molar refractivity (Wildman–Crippen MR) is 133 cm³/mol. The van der Waals surface area contributed by atoms with Gasteiger partial charge in [0, 0.05) is 28.3 Å². The average molecular weight is 519 g/mol. The Morgan fingerprint density at radius 2 is 1.50 bits per heavy atom. The fourth-order valence-corrected chi connectivity index (χ4v) is 4.25. The maximum atomic E-state index is 14.1. The van der Waals surface area contributed by atoms with Crippen molar-refractivity contribution in [1.29, 1.82) is 0 Å². The van der Waals surface area contributed by atoms with Crippen LogP contribution in [0.1, 0.15) is 27.0 Å². The molecule has 0 amide bonds. The molecule has 0 aliphatic carbocycles. The van der Waals surface area contributed by atoms with Crippen LogP contribution in [0.4, 0.5) is 22.0 Å². The lowest BCUT2D eigenvalue weighted by atomic mass is 9.91. The Bertz CT molecular complexity index is 1630. The van der Waals surface area contributed by atoms with Crippen molar-refractivity contribution in [2.24, 2.45) is 0 Å². The molecule has 1 aromatic heterocycles. The smallest absolute Gasteiger partial charge is 0.418 e. The lowest BCUT2D eigenvalue weighted by molar-refractivity contribution is -0.136. The van der Waals surface area contributed by atoms with Crippen molar-refractivity contribution in [1.82, 2.24) is 4.98 Å². The molecule has 0 spiro atoms. The van der Waals surface area contributed by atoms with Crippen molar-refractivity contribution in [2.45, 2.75) is 12.8 Å². The number of ether oxygens (including phenoxy) is 1. The van der Waals surface area contributed by atoms with E-state index in [0.717, 1.165) is 24.4 Å². The van der Waals surface area contributed by atoms with Crippen LogP contribution in [0.2, 0.25) is 0 Å².